The molecule has 118 valence electrons. The Balaban J connectivity index is 2.38. The molecule has 0 bridgehead atoms. The van der Waals surface area contributed by atoms with Gasteiger partial charge in [-0.1, -0.05) is 23.7 Å². The number of rotatable bonds is 4. The monoisotopic (exact) mass is 343 g/mol. The van der Waals surface area contributed by atoms with Gasteiger partial charge in [0.2, 0.25) is 10.0 Å². The van der Waals surface area contributed by atoms with Crippen LogP contribution < -0.4 is 16.0 Å². The van der Waals surface area contributed by atoms with Gasteiger partial charge in [0.25, 0.3) is 5.56 Å². The minimum Gasteiger partial charge on any atom is -0.310 e. The lowest BCUT2D eigenvalue weighted by Gasteiger charge is -2.15. The summed E-state index contributed by atoms with van der Waals surface area (Å²) in [7, 11) is -4.09. The fourth-order valence-electron chi connectivity index (χ4n) is 2.02. The number of H-pyrrole nitrogens is 2. The van der Waals surface area contributed by atoms with Gasteiger partial charge in [-0.15, -0.1) is 0 Å². The van der Waals surface area contributed by atoms with Crippen molar-refractivity contribution in [1.82, 2.24) is 14.7 Å². The Morgan fingerprint density at radius 1 is 1.14 bits per heavy atom. The van der Waals surface area contributed by atoms with Crippen LogP contribution in [-0.2, 0) is 10.0 Å². The molecule has 9 heteroatoms. The van der Waals surface area contributed by atoms with E-state index in [0.29, 0.717) is 10.6 Å². The van der Waals surface area contributed by atoms with Crippen molar-refractivity contribution in [2.45, 2.75) is 24.8 Å². The molecular formula is C13H14ClN3O4S. The van der Waals surface area contributed by atoms with Gasteiger partial charge in [-0.25, -0.2) is 17.9 Å². The van der Waals surface area contributed by atoms with Crippen LogP contribution in [0.1, 0.15) is 24.2 Å². The van der Waals surface area contributed by atoms with Gasteiger partial charge in [0.15, 0.2) is 4.90 Å². The van der Waals surface area contributed by atoms with E-state index in [9.17, 15) is 18.0 Å². The van der Waals surface area contributed by atoms with Crippen LogP contribution in [0.4, 0.5) is 0 Å². The Kier molecular flexibility index (Phi) is 4.55. The fourth-order valence-corrected chi connectivity index (χ4v) is 3.62. The molecule has 0 aliphatic heterocycles. The van der Waals surface area contributed by atoms with Gasteiger partial charge in [0, 0.05) is 16.8 Å². The van der Waals surface area contributed by atoms with Crippen molar-refractivity contribution in [3.05, 3.63) is 61.4 Å². The molecule has 1 atom stereocenters. The molecule has 1 aromatic carbocycles. The summed E-state index contributed by atoms with van der Waals surface area (Å²) in [6.45, 7) is 2.98. The summed E-state index contributed by atoms with van der Waals surface area (Å²) >= 11 is 5.78. The molecule has 0 aliphatic carbocycles. The fraction of sp³-hybridized carbons (Fsp3) is 0.231. The van der Waals surface area contributed by atoms with Crippen molar-refractivity contribution in [2.24, 2.45) is 0 Å². The SMILES string of the molecule is Cc1[nH]c(=O)[nH]c(=O)c1S(=O)(=O)N[C@H](C)c1ccc(Cl)cc1. The highest BCUT2D eigenvalue weighted by Crippen LogP contribution is 2.18. The second-order valence-electron chi connectivity index (χ2n) is 4.76. The number of benzene rings is 1. The van der Waals surface area contributed by atoms with Crippen molar-refractivity contribution in [3.63, 3.8) is 0 Å². The van der Waals surface area contributed by atoms with Gasteiger partial charge in [-0.05, 0) is 31.5 Å². The molecule has 2 rings (SSSR count). The maximum Gasteiger partial charge on any atom is 0.325 e. The van der Waals surface area contributed by atoms with E-state index >= 15 is 0 Å². The molecule has 0 radical (unpaired) electrons. The Bertz CT molecular complexity index is 900. The first-order chi connectivity index (χ1) is 10.2. The zero-order chi connectivity index (χ0) is 16.5. The second-order valence-corrected chi connectivity index (χ2v) is 6.84. The summed E-state index contributed by atoms with van der Waals surface area (Å²) in [5.41, 5.74) is -1.06. The van der Waals surface area contributed by atoms with E-state index < -0.39 is 32.2 Å². The average Bonchev–Trinajstić information content (AvgIpc) is 2.36. The third-order valence-corrected chi connectivity index (χ3v) is 4.99. The highest BCUT2D eigenvalue weighted by atomic mass is 35.5. The van der Waals surface area contributed by atoms with Crippen LogP contribution in [0.2, 0.25) is 5.02 Å². The van der Waals surface area contributed by atoms with E-state index in [2.05, 4.69) is 9.71 Å². The standard InChI is InChI=1S/C13H14ClN3O4S/c1-7(9-3-5-10(14)6-4-9)17-22(20,21)11-8(2)15-13(19)16-12(11)18/h3-7,17H,1-2H3,(H2,15,16,18,19)/t7-/m1/s1. The molecule has 0 unspecified atom stereocenters. The lowest BCUT2D eigenvalue weighted by atomic mass is 10.1. The van der Waals surface area contributed by atoms with E-state index in [4.69, 9.17) is 11.6 Å². The van der Waals surface area contributed by atoms with Crippen LogP contribution >= 0.6 is 11.6 Å². The highest BCUT2D eigenvalue weighted by Gasteiger charge is 2.24. The van der Waals surface area contributed by atoms with Gasteiger partial charge in [0.05, 0.1) is 0 Å². The first-order valence-electron chi connectivity index (χ1n) is 6.31. The van der Waals surface area contributed by atoms with Crippen LogP contribution in [-0.4, -0.2) is 18.4 Å². The van der Waals surface area contributed by atoms with E-state index in [1.165, 1.54) is 6.92 Å². The predicted octanol–water partition coefficient (Wildman–Crippen LogP) is 1.06. The van der Waals surface area contributed by atoms with E-state index in [1.54, 1.807) is 31.2 Å². The molecule has 2 aromatic rings. The summed E-state index contributed by atoms with van der Waals surface area (Å²) in [4.78, 5) is 26.5. The minimum absolute atomic E-state index is 0.0236. The molecule has 3 N–H and O–H groups in total. The Morgan fingerprint density at radius 2 is 1.73 bits per heavy atom. The number of halogens is 1. The van der Waals surface area contributed by atoms with Crippen LogP contribution in [0.3, 0.4) is 0 Å². The number of nitrogens with one attached hydrogen (secondary N) is 3. The number of sulfonamides is 1. The van der Waals surface area contributed by atoms with Crippen LogP contribution in [0.25, 0.3) is 0 Å². The first-order valence-corrected chi connectivity index (χ1v) is 8.18. The molecule has 0 fully saturated rings. The zero-order valence-corrected chi connectivity index (χ0v) is 13.4. The number of aryl methyl sites for hydroxylation is 1. The summed E-state index contributed by atoms with van der Waals surface area (Å²) in [6, 6.07) is 6.06. The highest BCUT2D eigenvalue weighted by molar-refractivity contribution is 7.89. The van der Waals surface area contributed by atoms with E-state index in [1.807, 2.05) is 4.98 Å². The predicted molar refractivity (Wildman–Crippen MR) is 82.6 cm³/mol. The third-order valence-electron chi connectivity index (χ3n) is 3.05. The molecule has 7 nitrogen and oxygen atoms in total. The maximum absolute atomic E-state index is 12.4. The largest absolute Gasteiger partial charge is 0.325 e. The van der Waals surface area contributed by atoms with Crippen molar-refractivity contribution in [1.29, 1.82) is 0 Å². The second kappa shape index (κ2) is 6.07. The zero-order valence-electron chi connectivity index (χ0n) is 11.8. The third kappa shape index (κ3) is 3.46. The topological polar surface area (TPSA) is 112 Å². The summed E-state index contributed by atoms with van der Waals surface area (Å²) in [6.07, 6.45) is 0. The minimum atomic E-state index is -4.09. The van der Waals surface area contributed by atoms with Crippen LogP contribution in [0, 0.1) is 6.92 Å². The van der Waals surface area contributed by atoms with Crippen molar-refractivity contribution >= 4 is 21.6 Å². The van der Waals surface area contributed by atoms with Gasteiger partial charge in [-0.2, -0.15) is 0 Å². The van der Waals surface area contributed by atoms with Crippen LogP contribution in [0.15, 0.2) is 38.8 Å². The summed E-state index contributed by atoms with van der Waals surface area (Å²) in [5.74, 6) is 0. The lowest BCUT2D eigenvalue weighted by molar-refractivity contribution is 0.563. The Labute approximate surface area is 131 Å². The molecule has 1 heterocycles. The number of aromatic nitrogens is 2. The van der Waals surface area contributed by atoms with Crippen LogP contribution in [0.5, 0.6) is 0 Å². The maximum atomic E-state index is 12.4. The molecular weight excluding hydrogens is 330 g/mol. The van der Waals surface area contributed by atoms with E-state index in [0.717, 1.165) is 0 Å². The Morgan fingerprint density at radius 3 is 2.27 bits per heavy atom. The average molecular weight is 344 g/mol. The molecule has 0 saturated carbocycles. The van der Waals surface area contributed by atoms with Gasteiger partial charge in [-0.3, -0.25) is 9.78 Å². The molecule has 0 saturated heterocycles. The first kappa shape index (κ1) is 16.5. The molecule has 0 aliphatic rings. The number of aromatic amines is 2. The van der Waals surface area contributed by atoms with Crippen molar-refractivity contribution < 1.29 is 8.42 Å². The molecule has 0 amide bonds. The van der Waals surface area contributed by atoms with E-state index in [-0.39, 0.29) is 5.69 Å². The number of hydrogen-bond acceptors (Lipinski definition) is 4. The molecule has 22 heavy (non-hydrogen) atoms. The molecule has 1 aromatic heterocycles. The number of hydrogen-bond donors (Lipinski definition) is 3. The van der Waals surface area contributed by atoms with Crippen molar-refractivity contribution in [2.75, 3.05) is 0 Å². The van der Waals surface area contributed by atoms with Crippen molar-refractivity contribution in [3.8, 4) is 0 Å². The Hall–Kier alpha value is -1.90. The van der Waals surface area contributed by atoms with Gasteiger partial charge in [0.1, 0.15) is 0 Å². The van der Waals surface area contributed by atoms with Gasteiger partial charge < -0.3 is 4.98 Å². The molecule has 0 spiro atoms. The smallest absolute Gasteiger partial charge is 0.310 e. The summed E-state index contributed by atoms with van der Waals surface area (Å²) in [5, 5.41) is 0.534. The lowest BCUT2D eigenvalue weighted by Crippen LogP contribution is -2.35. The van der Waals surface area contributed by atoms with Gasteiger partial charge >= 0.3 is 5.69 Å². The quantitative estimate of drug-likeness (QED) is 0.770. The summed E-state index contributed by atoms with van der Waals surface area (Å²) < 4.78 is 27.1. The normalized spacial score (nSPS) is 13.0.